The van der Waals surface area contributed by atoms with Crippen molar-refractivity contribution in [1.82, 2.24) is 0 Å². The summed E-state index contributed by atoms with van der Waals surface area (Å²) >= 11 is 2.61. The van der Waals surface area contributed by atoms with Crippen molar-refractivity contribution in [2.24, 2.45) is 0 Å². The van der Waals surface area contributed by atoms with Crippen LogP contribution in [-0.4, -0.2) is 0 Å². The van der Waals surface area contributed by atoms with E-state index < -0.39 is 0 Å². The summed E-state index contributed by atoms with van der Waals surface area (Å²) in [6.07, 6.45) is 0. The van der Waals surface area contributed by atoms with Gasteiger partial charge in [-0.05, 0) is 27.8 Å². The minimum absolute atomic E-state index is 0.0122. The fourth-order valence-corrected chi connectivity index (χ4v) is 4.50. The van der Waals surface area contributed by atoms with E-state index >= 15 is 0 Å². The first kappa shape index (κ1) is 13.8. The summed E-state index contributed by atoms with van der Waals surface area (Å²) in [5, 5.41) is 0. The first-order valence-electron chi connectivity index (χ1n) is 7.42. The lowest BCUT2D eigenvalue weighted by Crippen LogP contribution is -2.03. The number of allylic oxidation sites excluding steroid dienone is 2. The molecule has 0 N–H and O–H groups in total. The van der Waals surface area contributed by atoms with Gasteiger partial charge in [-0.3, -0.25) is 0 Å². The Morgan fingerprint density at radius 1 is 0.500 bits per heavy atom. The molecule has 0 aliphatic heterocycles. The molecule has 0 atom stereocenters. The maximum Gasteiger partial charge on any atom is 0.0987 e. The van der Waals surface area contributed by atoms with Crippen LogP contribution in [0.3, 0.4) is 0 Å². The Kier molecular flexibility index (Phi) is 3.38. The maximum absolute atomic E-state index is 2.61. The summed E-state index contributed by atoms with van der Waals surface area (Å²) in [4.78, 5) is 0. The lowest BCUT2D eigenvalue weighted by Gasteiger charge is -2.13. The van der Waals surface area contributed by atoms with E-state index in [1.54, 1.807) is 0 Å². The highest BCUT2D eigenvalue weighted by Crippen LogP contribution is 2.68. The third-order valence-corrected chi connectivity index (χ3v) is 5.87. The molecule has 3 aromatic carbocycles. The first-order valence-corrected chi connectivity index (χ1v) is 8.50. The van der Waals surface area contributed by atoms with Crippen molar-refractivity contribution in [2.45, 2.75) is 3.42 Å². The van der Waals surface area contributed by atoms with Gasteiger partial charge in [0.15, 0.2) is 0 Å². The van der Waals surface area contributed by atoms with Gasteiger partial charge >= 0.3 is 0 Å². The third-order valence-electron chi connectivity index (χ3n) is 4.17. The molecule has 0 radical (unpaired) electrons. The smallest absolute Gasteiger partial charge is 0.0630 e. The van der Waals surface area contributed by atoms with Crippen LogP contribution in [-0.2, 0) is 3.42 Å². The predicted octanol–water partition coefficient (Wildman–Crippen LogP) is 5.94. The van der Waals surface area contributed by atoms with E-state index in [1.165, 1.54) is 27.8 Å². The van der Waals surface area contributed by atoms with Crippen molar-refractivity contribution in [2.75, 3.05) is 0 Å². The molecule has 0 fully saturated rings. The summed E-state index contributed by atoms with van der Waals surface area (Å²) in [5.74, 6) is 0. The van der Waals surface area contributed by atoms with Crippen LogP contribution in [0.5, 0.6) is 0 Å². The fraction of sp³-hybridized carbons (Fsp3) is 0.0476. The van der Waals surface area contributed by atoms with E-state index in [1.807, 2.05) is 0 Å². The molecule has 0 saturated heterocycles. The molecule has 0 bridgehead atoms. The third kappa shape index (κ3) is 2.12. The molecule has 0 saturated carbocycles. The second kappa shape index (κ2) is 5.40. The number of rotatable bonds is 3. The van der Waals surface area contributed by atoms with E-state index in [0.29, 0.717) is 0 Å². The standard InChI is InChI=1S/C21H15I/c22-21(18-14-8-3-9-15-18)19(16-10-4-1-5-11-16)20(21)17-12-6-2-7-13-17/h1-15H. The Bertz CT molecular complexity index is 768. The Hall–Kier alpha value is -1.87. The van der Waals surface area contributed by atoms with Gasteiger partial charge in [-0.25, -0.2) is 0 Å². The fourth-order valence-electron chi connectivity index (χ4n) is 3.11. The number of alkyl halides is 1. The summed E-state index contributed by atoms with van der Waals surface area (Å²) in [6.45, 7) is 0. The number of halogens is 1. The molecule has 3 aromatic rings. The normalized spacial score (nSPS) is 15.7. The van der Waals surface area contributed by atoms with Crippen LogP contribution >= 0.6 is 22.6 Å². The molecule has 1 heteroatoms. The van der Waals surface area contributed by atoms with Crippen LogP contribution < -0.4 is 0 Å². The molecule has 106 valence electrons. The molecule has 1 aliphatic carbocycles. The largest absolute Gasteiger partial charge is 0.0987 e. The number of hydrogen-bond donors (Lipinski definition) is 0. The highest BCUT2D eigenvalue weighted by atomic mass is 127. The van der Waals surface area contributed by atoms with Gasteiger partial charge in [0, 0.05) is 0 Å². The van der Waals surface area contributed by atoms with Gasteiger partial charge in [-0.2, -0.15) is 0 Å². The SMILES string of the molecule is IC1(c2ccccc2)C(c2ccccc2)=C1c1ccccc1. The topological polar surface area (TPSA) is 0 Å². The first-order chi connectivity index (χ1) is 10.8. The van der Waals surface area contributed by atoms with Crippen molar-refractivity contribution in [3.63, 3.8) is 0 Å². The van der Waals surface area contributed by atoms with Crippen molar-refractivity contribution in [3.05, 3.63) is 108 Å². The monoisotopic (exact) mass is 394 g/mol. The van der Waals surface area contributed by atoms with Gasteiger partial charge < -0.3 is 0 Å². The van der Waals surface area contributed by atoms with Crippen LogP contribution in [0.1, 0.15) is 16.7 Å². The van der Waals surface area contributed by atoms with Crippen molar-refractivity contribution < 1.29 is 0 Å². The second-order valence-corrected chi connectivity index (χ2v) is 7.12. The highest BCUT2D eigenvalue weighted by molar-refractivity contribution is 14.1. The zero-order valence-corrected chi connectivity index (χ0v) is 14.2. The van der Waals surface area contributed by atoms with Crippen LogP contribution in [0, 0.1) is 0 Å². The summed E-state index contributed by atoms with van der Waals surface area (Å²) in [6, 6.07) is 32.2. The van der Waals surface area contributed by atoms with E-state index in [4.69, 9.17) is 0 Å². The summed E-state index contributed by atoms with van der Waals surface area (Å²) < 4.78 is -0.0122. The molecule has 22 heavy (non-hydrogen) atoms. The van der Waals surface area contributed by atoms with Crippen molar-refractivity contribution >= 4 is 33.7 Å². The second-order valence-electron chi connectivity index (χ2n) is 5.51. The molecular formula is C21H15I. The quantitative estimate of drug-likeness (QED) is 0.381. The maximum atomic E-state index is 2.61. The van der Waals surface area contributed by atoms with Crippen LogP contribution in [0.25, 0.3) is 11.1 Å². The van der Waals surface area contributed by atoms with E-state index in [9.17, 15) is 0 Å². The molecule has 0 aromatic heterocycles. The van der Waals surface area contributed by atoms with Gasteiger partial charge in [0.2, 0.25) is 0 Å². The van der Waals surface area contributed by atoms with E-state index in [-0.39, 0.29) is 3.42 Å². The molecule has 0 nitrogen and oxygen atoms in total. The summed E-state index contributed by atoms with van der Waals surface area (Å²) in [5.41, 5.74) is 6.87. The number of hydrogen-bond acceptors (Lipinski definition) is 0. The van der Waals surface area contributed by atoms with Crippen LogP contribution in [0.15, 0.2) is 91.0 Å². The highest BCUT2D eigenvalue weighted by Gasteiger charge is 2.53. The zero-order chi connectivity index (χ0) is 15.0. The molecule has 0 unspecified atom stereocenters. The van der Waals surface area contributed by atoms with Gasteiger partial charge in [0.05, 0.1) is 3.42 Å². The average molecular weight is 394 g/mol. The Balaban J connectivity index is 1.88. The Morgan fingerprint density at radius 3 is 1.27 bits per heavy atom. The lowest BCUT2D eigenvalue weighted by molar-refractivity contribution is 1.21. The van der Waals surface area contributed by atoms with Crippen LogP contribution in [0.2, 0.25) is 0 Å². The van der Waals surface area contributed by atoms with Gasteiger partial charge in [-0.1, -0.05) is 114 Å². The minimum Gasteiger partial charge on any atom is -0.0630 e. The average Bonchev–Trinajstić information content (AvgIpc) is 3.24. The van der Waals surface area contributed by atoms with Gasteiger partial charge in [0.25, 0.3) is 0 Å². The van der Waals surface area contributed by atoms with Gasteiger partial charge in [0.1, 0.15) is 0 Å². The van der Waals surface area contributed by atoms with E-state index in [2.05, 4.69) is 114 Å². The van der Waals surface area contributed by atoms with Crippen LogP contribution in [0.4, 0.5) is 0 Å². The minimum atomic E-state index is -0.0122. The summed E-state index contributed by atoms with van der Waals surface area (Å²) in [7, 11) is 0. The van der Waals surface area contributed by atoms with Crippen molar-refractivity contribution in [1.29, 1.82) is 0 Å². The molecule has 0 spiro atoms. The molecular weight excluding hydrogens is 379 g/mol. The Morgan fingerprint density at radius 2 is 0.864 bits per heavy atom. The molecule has 4 rings (SSSR count). The number of benzene rings is 3. The predicted molar refractivity (Wildman–Crippen MR) is 102 cm³/mol. The van der Waals surface area contributed by atoms with E-state index in [0.717, 1.165) is 0 Å². The van der Waals surface area contributed by atoms with Gasteiger partial charge in [-0.15, -0.1) is 0 Å². The lowest BCUT2D eigenvalue weighted by atomic mass is 10.0. The molecule has 0 amide bonds. The molecule has 0 heterocycles. The van der Waals surface area contributed by atoms with Crippen molar-refractivity contribution in [3.8, 4) is 0 Å². The molecule has 1 aliphatic rings. The Labute approximate surface area is 144 Å². The zero-order valence-electron chi connectivity index (χ0n) is 12.0.